The van der Waals surface area contributed by atoms with Crippen LogP contribution in [0, 0.1) is 0 Å². The zero-order chi connectivity index (χ0) is 21.9. The van der Waals surface area contributed by atoms with Gasteiger partial charge in [-0.3, -0.25) is 9.48 Å². The molecule has 6 rings (SSSR count). The van der Waals surface area contributed by atoms with E-state index >= 15 is 0 Å². The molecular weight excluding hydrogens is 406 g/mol. The Morgan fingerprint density at radius 2 is 2.12 bits per heavy atom. The van der Waals surface area contributed by atoms with Crippen molar-refractivity contribution in [1.29, 1.82) is 0 Å². The second-order valence-corrected chi connectivity index (χ2v) is 9.99. The highest BCUT2D eigenvalue weighted by molar-refractivity contribution is 6.05. The van der Waals surface area contributed by atoms with E-state index < -0.39 is 0 Å². The molecule has 2 bridgehead atoms. The predicted octanol–water partition coefficient (Wildman–Crippen LogP) is 3.85. The lowest BCUT2D eigenvalue weighted by Gasteiger charge is -2.24. The van der Waals surface area contributed by atoms with E-state index in [0.717, 1.165) is 56.3 Å². The van der Waals surface area contributed by atoms with Crippen LogP contribution < -0.4 is 10.1 Å². The van der Waals surface area contributed by atoms with Crippen LogP contribution in [-0.4, -0.2) is 43.4 Å². The van der Waals surface area contributed by atoms with Gasteiger partial charge in [-0.1, -0.05) is 0 Å². The van der Waals surface area contributed by atoms with E-state index in [1.165, 1.54) is 0 Å². The number of hydrogen-bond donors (Lipinski definition) is 1. The zero-order valence-corrected chi connectivity index (χ0v) is 18.6. The predicted molar refractivity (Wildman–Crippen MR) is 119 cm³/mol. The molecule has 168 valence electrons. The number of ether oxygens (including phenoxy) is 2. The SMILES string of the molecule is Cn1ccc(NC(=O)c2cn3cc(C45CCC(C)(C4)OC5)nc3cc2OC2CCCC2)n1. The molecule has 3 aromatic heterocycles. The summed E-state index contributed by atoms with van der Waals surface area (Å²) < 4.78 is 16.0. The van der Waals surface area contributed by atoms with Crippen LogP contribution in [0.2, 0.25) is 0 Å². The summed E-state index contributed by atoms with van der Waals surface area (Å²) in [6, 6.07) is 3.69. The van der Waals surface area contributed by atoms with Gasteiger partial charge < -0.3 is 19.2 Å². The molecule has 1 aliphatic heterocycles. The van der Waals surface area contributed by atoms with E-state index in [1.807, 2.05) is 23.7 Å². The maximum atomic E-state index is 13.2. The Labute approximate surface area is 186 Å². The number of aryl methyl sites for hydroxylation is 1. The summed E-state index contributed by atoms with van der Waals surface area (Å²) in [6.45, 7) is 2.91. The van der Waals surface area contributed by atoms with E-state index in [4.69, 9.17) is 14.5 Å². The Bertz CT molecular complexity index is 1180. The molecule has 8 nitrogen and oxygen atoms in total. The normalized spacial score (nSPS) is 27.4. The third-order valence-corrected chi connectivity index (χ3v) is 7.44. The molecule has 4 heterocycles. The number of carbonyl (C=O) groups excluding carboxylic acids is 1. The van der Waals surface area contributed by atoms with E-state index in [1.54, 1.807) is 16.9 Å². The van der Waals surface area contributed by atoms with E-state index in [9.17, 15) is 4.79 Å². The zero-order valence-electron chi connectivity index (χ0n) is 18.6. The number of pyridine rings is 1. The van der Waals surface area contributed by atoms with Crippen molar-refractivity contribution in [1.82, 2.24) is 19.2 Å². The molecule has 1 N–H and O–H groups in total. The maximum Gasteiger partial charge on any atom is 0.262 e. The molecule has 0 aromatic carbocycles. The highest BCUT2D eigenvalue weighted by Crippen LogP contribution is 2.53. The van der Waals surface area contributed by atoms with Gasteiger partial charge in [-0.25, -0.2) is 4.98 Å². The number of nitrogens with one attached hydrogen (secondary N) is 1. The minimum atomic E-state index is -0.232. The summed E-state index contributed by atoms with van der Waals surface area (Å²) in [6.07, 6.45) is 13.4. The Morgan fingerprint density at radius 1 is 1.28 bits per heavy atom. The molecule has 1 saturated heterocycles. The minimum absolute atomic E-state index is 0.0242. The first kappa shape index (κ1) is 19.8. The summed E-state index contributed by atoms with van der Waals surface area (Å²) in [5.74, 6) is 0.874. The van der Waals surface area contributed by atoms with Crippen molar-refractivity contribution in [2.24, 2.45) is 7.05 Å². The van der Waals surface area contributed by atoms with Crippen LogP contribution in [0.5, 0.6) is 5.75 Å². The van der Waals surface area contributed by atoms with Crippen molar-refractivity contribution in [2.75, 3.05) is 11.9 Å². The van der Waals surface area contributed by atoms with Crippen LogP contribution in [0.15, 0.2) is 30.7 Å². The summed E-state index contributed by atoms with van der Waals surface area (Å²) >= 11 is 0. The molecule has 0 radical (unpaired) electrons. The number of carbonyl (C=O) groups is 1. The summed E-state index contributed by atoms with van der Waals surface area (Å²) in [7, 11) is 1.82. The monoisotopic (exact) mass is 435 g/mol. The smallest absolute Gasteiger partial charge is 0.262 e. The summed E-state index contributed by atoms with van der Waals surface area (Å²) in [4.78, 5) is 18.2. The first-order valence-electron chi connectivity index (χ1n) is 11.6. The molecule has 32 heavy (non-hydrogen) atoms. The van der Waals surface area contributed by atoms with E-state index in [0.29, 0.717) is 23.7 Å². The van der Waals surface area contributed by atoms with Crippen LogP contribution in [0.4, 0.5) is 5.82 Å². The van der Waals surface area contributed by atoms with Crippen molar-refractivity contribution in [3.8, 4) is 5.75 Å². The second kappa shape index (κ2) is 7.07. The molecule has 8 heteroatoms. The Morgan fingerprint density at radius 3 is 2.78 bits per heavy atom. The minimum Gasteiger partial charge on any atom is -0.489 e. The molecule has 0 spiro atoms. The van der Waals surface area contributed by atoms with Crippen LogP contribution in [0.1, 0.15) is 67.9 Å². The highest BCUT2D eigenvalue weighted by atomic mass is 16.5. The van der Waals surface area contributed by atoms with Crippen LogP contribution in [-0.2, 0) is 17.2 Å². The Kier molecular flexibility index (Phi) is 4.37. The average Bonchev–Trinajstić information content (AvgIpc) is 3.56. The fourth-order valence-electron chi connectivity index (χ4n) is 5.64. The van der Waals surface area contributed by atoms with Gasteiger partial charge in [0.15, 0.2) is 5.82 Å². The number of imidazole rings is 1. The molecule has 2 saturated carbocycles. The number of nitrogens with zero attached hydrogens (tertiary/aromatic N) is 4. The van der Waals surface area contributed by atoms with Crippen molar-refractivity contribution in [3.05, 3.63) is 42.0 Å². The van der Waals surface area contributed by atoms with Gasteiger partial charge in [0.2, 0.25) is 0 Å². The number of fused-ring (bicyclic) bond motifs is 3. The summed E-state index contributed by atoms with van der Waals surface area (Å²) in [5, 5.41) is 7.17. The van der Waals surface area contributed by atoms with Gasteiger partial charge >= 0.3 is 0 Å². The van der Waals surface area contributed by atoms with Crippen LogP contribution >= 0.6 is 0 Å². The first-order chi connectivity index (χ1) is 15.4. The van der Waals surface area contributed by atoms with Crippen molar-refractivity contribution >= 4 is 17.4 Å². The second-order valence-electron chi connectivity index (χ2n) is 9.99. The molecule has 3 fully saturated rings. The Balaban J connectivity index is 1.38. The van der Waals surface area contributed by atoms with Crippen LogP contribution in [0.3, 0.4) is 0 Å². The standard InChI is InChI=1S/C24H29N5O3/c1-23-8-9-24(14-23,15-31-23)19-13-29-12-17(22(30)26-20-7-10-28(2)27-20)18(11-21(29)25-19)32-16-5-3-4-6-16/h7,10-13,16H,3-6,8-9,14-15H2,1-2H3,(H,26,27,30). The largest absolute Gasteiger partial charge is 0.489 e. The molecular formula is C24H29N5O3. The van der Waals surface area contributed by atoms with Gasteiger partial charge in [0.05, 0.1) is 29.6 Å². The van der Waals surface area contributed by atoms with E-state index in [-0.39, 0.29) is 23.0 Å². The van der Waals surface area contributed by atoms with Gasteiger partial charge in [0.1, 0.15) is 11.4 Å². The molecule has 1 amide bonds. The van der Waals surface area contributed by atoms with Crippen molar-refractivity contribution in [2.45, 2.75) is 69.0 Å². The fourth-order valence-corrected chi connectivity index (χ4v) is 5.64. The number of amides is 1. The van der Waals surface area contributed by atoms with Gasteiger partial charge in [0, 0.05) is 43.2 Å². The highest BCUT2D eigenvalue weighted by Gasteiger charge is 2.55. The Hall–Kier alpha value is -2.87. The molecule has 3 aromatic rings. The van der Waals surface area contributed by atoms with Crippen molar-refractivity contribution < 1.29 is 14.3 Å². The maximum absolute atomic E-state index is 13.2. The number of aromatic nitrogens is 4. The lowest BCUT2D eigenvalue weighted by molar-refractivity contribution is -0.00627. The van der Waals surface area contributed by atoms with E-state index in [2.05, 4.69) is 23.5 Å². The molecule has 2 unspecified atom stereocenters. The first-order valence-corrected chi connectivity index (χ1v) is 11.6. The van der Waals surface area contributed by atoms with Gasteiger partial charge in [-0.2, -0.15) is 5.10 Å². The quantitative estimate of drug-likeness (QED) is 0.658. The van der Waals surface area contributed by atoms with Gasteiger partial charge in [0.25, 0.3) is 5.91 Å². The topological polar surface area (TPSA) is 82.7 Å². The molecule has 3 aliphatic rings. The van der Waals surface area contributed by atoms with Gasteiger partial charge in [-0.15, -0.1) is 0 Å². The van der Waals surface area contributed by atoms with Crippen LogP contribution in [0.25, 0.3) is 5.65 Å². The average molecular weight is 436 g/mol. The fraction of sp³-hybridized carbons (Fsp3) is 0.542. The van der Waals surface area contributed by atoms with Crippen molar-refractivity contribution in [3.63, 3.8) is 0 Å². The number of hydrogen-bond acceptors (Lipinski definition) is 5. The number of anilines is 1. The molecule has 2 atom stereocenters. The third-order valence-electron chi connectivity index (χ3n) is 7.44. The lowest BCUT2D eigenvalue weighted by Crippen LogP contribution is -2.26. The molecule has 2 aliphatic carbocycles. The third kappa shape index (κ3) is 3.28. The number of rotatable bonds is 5. The lowest BCUT2D eigenvalue weighted by atomic mass is 9.84. The summed E-state index contributed by atoms with van der Waals surface area (Å²) in [5.41, 5.74) is 2.30. The van der Waals surface area contributed by atoms with Gasteiger partial charge in [-0.05, 0) is 51.9 Å².